The Morgan fingerprint density at radius 1 is 1.36 bits per heavy atom. The van der Waals surface area contributed by atoms with Crippen LogP contribution in [0.5, 0.6) is 0 Å². The molecule has 1 atom stereocenters. The molecule has 1 aromatic heterocycles. The van der Waals surface area contributed by atoms with Crippen LogP contribution in [-0.4, -0.2) is 65.1 Å². The van der Waals surface area contributed by atoms with Gasteiger partial charge in [-0.2, -0.15) is 0 Å². The van der Waals surface area contributed by atoms with Gasteiger partial charge in [-0.3, -0.25) is 9.69 Å². The average molecular weight is 304 g/mol. The van der Waals surface area contributed by atoms with Gasteiger partial charge in [-0.15, -0.1) is 0 Å². The number of ether oxygens (including phenoxy) is 1. The van der Waals surface area contributed by atoms with E-state index < -0.39 is 0 Å². The molecule has 6 nitrogen and oxygen atoms in total. The van der Waals surface area contributed by atoms with E-state index >= 15 is 0 Å². The standard InChI is InChI=1S/C16H24N4O2/c1-13-4-6-17-15(18-13)16(2)5-3-7-20(16)14(21)12-19-8-10-22-11-9-19/h4,6H,3,5,7-12H2,1-2H3/t16-/m0/s1. The van der Waals surface area contributed by atoms with Crippen LogP contribution in [0.15, 0.2) is 12.3 Å². The highest BCUT2D eigenvalue weighted by Gasteiger charge is 2.43. The second kappa shape index (κ2) is 6.30. The first-order valence-electron chi connectivity index (χ1n) is 8.00. The molecular formula is C16H24N4O2. The van der Waals surface area contributed by atoms with Gasteiger partial charge in [0.1, 0.15) is 0 Å². The van der Waals surface area contributed by atoms with E-state index in [9.17, 15) is 4.79 Å². The second-order valence-corrected chi connectivity index (χ2v) is 6.33. The van der Waals surface area contributed by atoms with E-state index in [0.717, 1.165) is 44.0 Å². The van der Waals surface area contributed by atoms with Crippen LogP contribution in [0.3, 0.4) is 0 Å². The van der Waals surface area contributed by atoms with Crippen molar-refractivity contribution in [2.45, 2.75) is 32.2 Å². The van der Waals surface area contributed by atoms with E-state index in [0.29, 0.717) is 19.8 Å². The van der Waals surface area contributed by atoms with Gasteiger partial charge in [0.2, 0.25) is 5.91 Å². The molecule has 0 N–H and O–H groups in total. The third-order valence-electron chi connectivity index (χ3n) is 4.68. The minimum absolute atomic E-state index is 0.173. The van der Waals surface area contributed by atoms with E-state index in [-0.39, 0.29) is 11.4 Å². The zero-order valence-electron chi connectivity index (χ0n) is 13.4. The molecule has 2 saturated heterocycles. The van der Waals surface area contributed by atoms with Crippen LogP contribution in [-0.2, 0) is 15.1 Å². The molecule has 0 aromatic carbocycles. The lowest BCUT2D eigenvalue weighted by Gasteiger charge is -2.36. The first-order valence-corrected chi connectivity index (χ1v) is 8.00. The molecular weight excluding hydrogens is 280 g/mol. The van der Waals surface area contributed by atoms with E-state index in [2.05, 4.69) is 21.8 Å². The van der Waals surface area contributed by atoms with Crippen molar-refractivity contribution in [1.29, 1.82) is 0 Å². The van der Waals surface area contributed by atoms with Crippen LogP contribution >= 0.6 is 0 Å². The molecule has 0 spiro atoms. The molecule has 0 radical (unpaired) electrons. The predicted molar refractivity (Wildman–Crippen MR) is 82.3 cm³/mol. The second-order valence-electron chi connectivity index (χ2n) is 6.33. The summed E-state index contributed by atoms with van der Waals surface area (Å²) in [5.74, 6) is 0.937. The SMILES string of the molecule is Cc1ccnc([C@]2(C)CCCN2C(=O)CN2CCOCC2)n1. The van der Waals surface area contributed by atoms with Crippen LogP contribution in [0.4, 0.5) is 0 Å². The number of morpholine rings is 1. The van der Waals surface area contributed by atoms with E-state index in [1.807, 2.05) is 17.9 Å². The largest absolute Gasteiger partial charge is 0.379 e. The molecule has 1 amide bonds. The fraction of sp³-hybridized carbons (Fsp3) is 0.688. The Morgan fingerprint density at radius 2 is 2.14 bits per heavy atom. The van der Waals surface area contributed by atoms with Crippen molar-refractivity contribution in [3.05, 3.63) is 23.8 Å². The molecule has 22 heavy (non-hydrogen) atoms. The number of aromatic nitrogens is 2. The third kappa shape index (κ3) is 2.98. The number of rotatable bonds is 3. The molecule has 0 saturated carbocycles. The quantitative estimate of drug-likeness (QED) is 0.832. The summed E-state index contributed by atoms with van der Waals surface area (Å²) in [6, 6.07) is 1.89. The minimum atomic E-state index is -0.380. The number of hydrogen-bond acceptors (Lipinski definition) is 5. The number of carbonyl (C=O) groups excluding carboxylic acids is 1. The monoisotopic (exact) mass is 304 g/mol. The molecule has 6 heteroatoms. The van der Waals surface area contributed by atoms with Gasteiger partial charge in [0.15, 0.2) is 5.82 Å². The van der Waals surface area contributed by atoms with Crippen LogP contribution in [0.1, 0.15) is 31.3 Å². The molecule has 2 aliphatic rings. The van der Waals surface area contributed by atoms with E-state index in [1.165, 1.54) is 0 Å². The van der Waals surface area contributed by atoms with Crippen molar-refractivity contribution in [3.8, 4) is 0 Å². The molecule has 2 fully saturated rings. The van der Waals surface area contributed by atoms with Gasteiger partial charge in [-0.05, 0) is 32.8 Å². The molecule has 0 aliphatic carbocycles. The molecule has 1 aromatic rings. The molecule has 2 aliphatic heterocycles. The molecule has 120 valence electrons. The smallest absolute Gasteiger partial charge is 0.237 e. The van der Waals surface area contributed by atoms with Gasteiger partial charge in [-0.25, -0.2) is 9.97 Å². The normalized spacial score (nSPS) is 26.4. The fourth-order valence-electron chi connectivity index (χ4n) is 3.34. The highest BCUT2D eigenvalue weighted by molar-refractivity contribution is 5.79. The van der Waals surface area contributed by atoms with Crippen LogP contribution < -0.4 is 0 Å². The first-order chi connectivity index (χ1) is 10.6. The molecule has 3 heterocycles. The van der Waals surface area contributed by atoms with Gasteiger partial charge >= 0.3 is 0 Å². The van der Waals surface area contributed by atoms with Crippen LogP contribution in [0, 0.1) is 6.92 Å². The maximum absolute atomic E-state index is 12.8. The number of aryl methyl sites for hydroxylation is 1. The summed E-state index contributed by atoms with van der Waals surface area (Å²) in [5, 5.41) is 0. The van der Waals surface area contributed by atoms with Crippen molar-refractivity contribution >= 4 is 5.91 Å². The predicted octanol–water partition coefficient (Wildman–Crippen LogP) is 0.955. The maximum atomic E-state index is 12.8. The minimum Gasteiger partial charge on any atom is -0.379 e. The third-order valence-corrected chi connectivity index (χ3v) is 4.68. The first kappa shape index (κ1) is 15.4. The number of hydrogen-bond donors (Lipinski definition) is 0. The molecule has 0 bridgehead atoms. The average Bonchev–Trinajstić information content (AvgIpc) is 2.92. The Hall–Kier alpha value is -1.53. The number of nitrogens with zero attached hydrogens (tertiary/aromatic N) is 4. The summed E-state index contributed by atoms with van der Waals surface area (Å²) in [4.78, 5) is 25.9. The van der Waals surface area contributed by atoms with Gasteiger partial charge in [0.25, 0.3) is 0 Å². The Morgan fingerprint density at radius 3 is 2.86 bits per heavy atom. The Labute approximate surface area is 131 Å². The summed E-state index contributed by atoms with van der Waals surface area (Å²) in [6.07, 6.45) is 3.71. The van der Waals surface area contributed by atoms with E-state index in [1.54, 1.807) is 6.20 Å². The van der Waals surface area contributed by atoms with Crippen LogP contribution in [0.25, 0.3) is 0 Å². The summed E-state index contributed by atoms with van der Waals surface area (Å²) in [6.45, 7) is 8.39. The highest BCUT2D eigenvalue weighted by atomic mass is 16.5. The van der Waals surface area contributed by atoms with Crippen molar-refractivity contribution < 1.29 is 9.53 Å². The van der Waals surface area contributed by atoms with E-state index in [4.69, 9.17) is 4.74 Å². The van der Waals surface area contributed by atoms with Gasteiger partial charge < -0.3 is 9.64 Å². The fourth-order valence-corrected chi connectivity index (χ4v) is 3.34. The summed E-state index contributed by atoms with van der Waals surface area (Å²) < 4.78 is 5.34. The summed E-state index contributed by atoms with van der Waals surface area (Å²) in [5.41, 5.74) is 0.564. The van der Waals surface area contributed by atoms with Crippen molar-refractivity contribution in [2.24, 2.45) is 0 Å². The zero-order chi connectivity index (χ0) is 15.6. The van der Waals surface area contributed by atoms with Crippen molar-refractivity contribution in [1.82, 2.24) is 19.8 Å². The summed E-state index contributed by atoms with van der Waals surface area (Å²) in [7, 11) is 0. The highest BCUT2D eigenvalue weighted by Crippen LogP contribution is 2.36. The Kier molecular flexibility index (Phi) is 4.40. The van der Waals surface area contributed by atoms with Gasteiger partial charge in [0, 0.05) is 31.5 Å². The number of likely N-dealkylation sites (tertiary alicyclic amines) is 1. The lowest BCUT2D eigenvalue weighted by molar-refractivity contribution is -0.137. The van der Waals surface area contributed by atoms with Gasteiger partial charge in [0.05, 0.1) is 25.3 Å². The lowest BCUT2D eigenvalue weighted by atomic mass is 9.97. The van der Waals surface area contributed by atoms with Gasteiger partial charge in [-0.1, -0.05) is 0 Å². The molecule has 0 unspecified atom stereocenters. The Bertz CT molecular complexity index is 545. The number of amides is 1. The van der Waals surface area contributed by atoms with Crippen LogP contribution in [0.2, 0.25) is 0 Å². The topological polar surface area (TPSA) is 58.6 Å². The van der Waals surface area contributed by atoms with Crippen molar-refractivity contribution in [3.63, 3.8) is 0 Å². The maximum Gasteiger partial charge on any atom is 0.237 e. The lowest BCUT2D eigenvalue weighted by Crippen LogP contribution is -2.50. The summed E-state index contributed by atoms with van der Waals surface area (Å²) >= 11 is 0. The Balaban J connectivity index is 1.75. The van der Waals surface area contributed by atoms with Crippen molar-refractivity contribution in [2.75, 3.05) is 39.4 Å². The molecule has 3 rings (SSSR count). The number of carbonyl (C=O) groups is 1. The zero-order valence-corrected chi connectivity index (χ0v) is 13.4.